The van der Waals surface area contributed by atoms with E-state index in [-0.39, 0.29) is 0 Å². The number of aromatic nitrogens is 2. The highest BCUT2D eigenvalue weighted by Crippen LogP contribution is 2.15. The first-order valence-electron chi connectivity index (χ1n) is 6.23. The summed E-state index contributed by atoms with van der Waals surface area (Å²) < 4.78 is 0. The minimum absolute atomic E-state index is 0.481. The topological polar surface area (TPSA) is 37.8 Å². The zero-order valence-corrected chi connectivity index (χ0v) is 11.9. The Bertz CT molecular complexity index is 505. The molecule has 0 spiro atoms. The van der Waals surface area contributed by atoms with E-state index in [0.717, 1.165) is 23.0 Å². The van der Waals surface area contributed by atoms with Crippen molar-refractivity contribution >= 4 is 11.3 Å². The summed E-state index contributed by atoms with van der Waals surface area (Å²) in [4.78, 5) is 0. The summed E-state index contributed by atoms with van der Waals surface area (Å²) >= 11 is 1.69. The Morgan fingerprint density at radius 3 is 2.72 bits per heavy atom. The van der Waals surface area contributed by atoms with E-state index in [1.807, 2.05) is 0 Å². The second-order valence-corrected chi connectivity index (χ2v) is 5.94. The Morgan fingerprint density at radius 1 is 1.22 bits per heavy atom. The van der Waals surface area contributed by atoms with Crippen molar-refractivity contribution < 1.29 is 0 Å². The summed E-state index contributed by atoms with van der Waals surface area (Å²) in [5.74, 6) is 0. The molecule has 0 aliphatic rings. The normalized spacial score (nSPS) is 11.1. The van der Waals surface area contributed by atoms with Crippen LogP contribution in [0, 0.1) is 6.92 Å². The molecule has 0 bridgehead atoms. The molecule has 0 unspecified atom stereocenters. The molecule has 0 aliphatic heterocycles. The van der Waals surface area contributed by atoms with Crippen molar-refractivity contribution in [1.29, 1.82) is 0 Å². The largest absolute Gasteiger partial charge is 0.308 e. The summed E-state index contributed by atoms with van der Waals surface area (Å²) in [5.41, 5.74) is 2.59. The number of benzene rings is 1. The number of nitrogens with zero attached hydrogens (tertiary/aromatic N) is 2. The van der Waals surface area contributed by atoms with Crippen molar-refractivity contribution in [2.24, 2.45) is 0 Å². The van der Waals surface area contributed by atoms with Crippen LogP contribution < -0.4 is 5.32 Å². The number of rotatable bonds is 5. The number of aryl methyl sites for hydroxylation is 1. The molecule has 0 amide bonds. The monoisotopic (exact) mass is 261 g/mol. The number of hydrogen-bond acceptors (Lipinski definition) is 4. The molecule has 1 heterocycles. The quantitative estimate of drug-likeness (QED) is 0.899. The molecule has 3 nitrogen and oxygen atoms in total. The minimum atomic E-state index is 0.481. The highest BCUT2D eigenvalue weighted by molar-refractivity contribution is 7.11. The van der Waals surface area contributed by atoms with E-state index in [1.54, 1.807) is 11.3 Å². The van der Waals surface area contributed by atoms with Crippen molar-refractivity contribution in [1.82, 2.24) is 15.5 Å². The Morgan fingerprint density at radius 2 is 2.00 bits per heavy atom. The van der Waals surface area contributed by atoms with Gasteiger partial charge in [0, 0.05) is 19.0 Å². The maximum absolute atomic E-state index is 4.25. The maximum Gasteiger partial charge on any atom is 0.131 e. The van der Waals surface area contributed by atoms with Gasteiger partial charge in [0.2, 0.25) is 0 Å². The maximum atomic E-state index is 4.25. The van der Waals surface area contributed by atoms with E-state index in [2.05, 4.69) is 60.6 Å². The SMILES string of the molecule is Cc1cccc(Cc2nnc(CNC(C)C)s2)c1. The third kappa shape index (κ3) is 3.89. The minimum Gasteiger partial charge on any atom is -0.308 e. The average molecular weight is 261 g/mol. The van der Waals surface area contributed by atoms with Crippen LogP contribution in [0.4, 0.5) is 0 Å². The Kier molecular flexibility index (Phi) is 4.44. The van der Waals surface area contributed by atoms with Crippen LogP contribution in [0.15, 0.2) is 24.3 Å². The summed E-state index contributed by atoms with van der Waals surface area (Å²) in [6.45, 7) is 7.19. The standard InChI is InChI=1S/C14H19N3S/c1-10(2)15-9-14-17-16-13(18-14)8-12-6-4-5-11(3)7-12/h4-7,10,15H,8-9H2,1-3H3. The predicted molar refractivity (Wildman–Crippen MR) is 75.9 cm³/mol. The van der Waals surface area contributed by atoms with Gasteiger partial charge in [-0.15, -0.1) is 10.2 Å². The van der Waals surface area contributed by atoms with Crippen molar-refractivity contribution in [3.8, 4) is 0 Å². The molecule has 96 valence electrons. The Labute approximate surface area is 112 Å². The number of hydrogen-bond donors (Lipinski definition) is 1. The molecular weight excluding hydrogens is 242 g/mol. The predicted octanol–water partition coefficient (Wildman–Crippen LogP) is 2.94. The third-order valence-electron chi connectivity index (χ3n) is 2.61. The van der Waals surface area contributed by atoms with Gasteiger partial charge in [0.15, 0.2) is 0 Å². The molecule has 0 aliphatic carbocycles. The van der Waals surface area contributed by atoms with Crippen molar-refractivity contribution in [3.63, 3.8) is 0 Å². The van der Waals surface area contributed by atoms with Crippen molar-refractivity contribution in [2.45, 2.75) is 39.8 Å². The van der Waals surface area contributed by atoms with E-state index >= 15 is 0 Å². The van der Waals surface area contributed by atoms with Crippen LogP contribution in [-0.4, -0.2) is 16.2 Å². The van der Waals surface area contributed by atoms with Crippen LogP contribution in [0.5, 0.6) is 0 Å². The fraction of sp³-hybridized carbons (Fsp3) is 0.429. The van der Waals surface area contributed by atoms with Gasteiger partial charge in [-0.3, -0.25) is 0 Å². The fourth-order valence-electron chi connectivity index (χ4n) is 1.72. The molecule has 18 heavy (non-hydrogen) atoms. The molecule has 2 rings (SSSR count). The Balaban J connectivity index is 1.98. The van der Waals surface area contributed by atoms with E-state index in [1.165, 1.54) is 11.1 Å². The lowest BCUT2D eigenvalue weighted by Crippen LogP contribution is -2.21. The van der Waals surface area contributed by atoms with Crippen LogP contribution in [0.2, 0.25) is 0 Å². The van der Waals surface area contributed by atoms with Crippen molar-refractivity contribution in [3.05, 3.63) is 45.4 Å². The molecule has 0 radical (unpaired) electrons. The van der Waals surface area contributed by atoms with Crippen molar-refractivity contribution in [2.75, 3.05) is 0 Å². The zero-order chi connectivity index (χ0) is 13.0. The summed E-state index contributed by atoms with van der Waals surface area (Å²) in [6, 6.07) is 9.02. The average Bonchev–Trinajstić information content (AvgIpc) is 2.74. The third-order valence-corrected chi connectivity index (χ3v) is 3.53. The van der Waals surface area contributed by atoms with Crippen LogP contribution in [0.25, 0.3) is 0 Å². The lowest BCUT2D eigenvalue weighted by molar-refractivity contribution is 0.584. The molecule has 1 N–H and O–H groups in total. The van der Waals surface area contributed by atoms with Gasteiger partial charge >= 0.3 is 0 Å². The van der Waals surface area contributed by atoms with Crippen LogP contribution in [-0.2, 0) is 13.0 Å². The molecule has 0 saturated heterocycles. The molecule has 1 aromatic heterocycles. The molecule has 0 saturated carbocycles. The van der Waals surface area contributed by atoms with Gasteiger partial charge in [-0.2, -0.15) is 0 Å². The molecular formula is C14H19N3S. The lowest BCUT2D eigenvalue weighted by atomic mass is 10.1. The summed E-state index contributed by atoms with van der Waals surface area (Å²) in [5, 5.41) is 14.0. The first-order valence-corrected chi connectivity index (χ1v) is 7.05. The molecule has 4 heteroatoms. The fourth-order valence-corrected chi connectivity index (χ4v) is 2.55. The Hall–Kier alpha value is -1.26. The second kappa shape index (κ2) is 6.07. The lowest BCUT2D eigenvalue weighted by Gasteiger charge is -2.03. The smallest absolute Gasteiger partial charge is 0.131 e. The van der Waals surface area contributed by atoms with Crippen LogP contribution >= 0.6 is 11.3 Å². The molecule has 2 aromatic rings. The number of nitrogens with one attached hydrogen (secondary N) is 1. The van der Waals surface area contributed by atoms with E-state index in [9.17, 15) is 0 Å². The van der Waals surface area contributed by atoms with Crippen LogP contribution in [0.3, 0.4) is 0 Å². The first kappa shape index (κ1) is 13.2. The van der Waals surface area contributed by atoms with Gasteiger partial charge in [0.05, 0.1) is 0 Å². The van der Waals surface area contributed by atoms with Gasteiger partial charge < -0.3 is 5.32 Å². The van der Waals surface area contributed by atoms with Gasteiger partial charge in [0.25, 0.3) is 0 Å². The molecule has 0 atom stereocenters. The summed E-state index contributed by atoms with van der Waals surface area (Å²) in [7, 11) is 0. The van der Waals surface area contributed by atoms with E-state index < -0.39 is 0 Å². The van der Waals surface area contributed by atoms with E-state index in [4.69, 9.17) is 0 Å². The van der Waals surface area contributed by atoms with Crippen LogP contribution in [0.1, 0.15) is 35.0 Å². The summed E-state index contributed by atoms with van der Waals surface area (Å²) in [6.07, 6.45) is 0.876. The molecule has 0 fully saturated rings. The van der Waals surface area contributed by atoms with E-state index in [0.29, 0.717) is 6.04 Å². The second-order valence-electron chi connectivity index (χ2n) is 4.79. The van der Waals surface area contributed by atoms with Gasteiger partial charge in [-0.25, -0.2) is 0 Å². The zero-order valence-electron chi connectivity index (χ0n) is 11.1. The van der Waals surface area contributed by atoms with Gasteiger partial charge in [-0.05, 0) is 12.5 Å². The molecule has 1 aromatic carbocycles. The highest BCUT2D eigenvalue weighted by atomic mass is 32.1. The van der Waals surface area contributed by atoms with Gasteiger partial charge in [0.1, 0.15) is 10.0 Å². The first-order chi connectivity index (χ1) is 8.63. The highest BCUT2D eigenvalue weighted by Gasteiger charge is 2.05. The van der Waals surface area contributed by atoms with Gasteiger partial charge in [-0.1, -0.05) is 55.0 Å².